The second-order valence-corrected chi connectivity index (χ2v) is 6.39. The SMILES string of the molecule is CCOc1cc(=O)c(C(=O)NCc2ccc3c(c2)OCO3)nn1-c1ccc(F)cc1. The van der Waals surface area contributed by atoms with Gasteiger partial charge < -0.3 is 19.5 Å². The second-order valence-electron chi connectivity index (χ2n) is 6.39. The smallest absolute Gasteiger partial charge is 0.276 e. The highest BCUT2D eigenvalue weighted by molar-refractivity contribution is 5.92. The van der Waals surface area contributed by atoms with Gasteiger partial charge in [0.1, 0.15) is 5.82 Å². The Balaban J connectivity index is 1.59. The van der Waals surface area contributed by atoms with Gasteiger partial charge in [-0.25, -0.2) is 9.07 Å². The van der Waals surface area contributed by atoms with E-state index < -0.39 is 17.2 Å². The van der Waals surface area contributed by atoms with E-state index in [9.17, 15) is 14.0 Å². The molecule has 0 bridgehead atoms. The summed E-state index contributed by atoms with van der Waals surface area (Å²) in [5, 5.41) is 6.84. The Morgan fingerprint density at radius 1 is 1.17 bits per heavy atom. The molecule has 1 aliphatic heterocycles. The summed E-state index contributed by atoms with van der Waals surface area (Å²) < 4.78 is 30.6. The molecule has 1 N–H and O–H groups in total. The summed E-state index contributed by atoms with van der Waals surface area (Å²) in [5.41, 5.74) is 0.339. The van der Waals surface area contributed by atoms with Crippen LogP contribution in [0.3, 0.4) is 0 Å². The van der Waals surface area contributed by atoms with E-state index in [0.717, 1.165) is 5.56 Å². The minimum atomic E-state index is -0.642. The molecule has 154 valence electrons. The highest BCUT2D eigenvalue weighted by Crippen LogP contribution is 2.32. The fraction of sp³-hybridized carbons (Fsp3) is 0.190. The van der Waals surface area contributed by atoms with Crippen molar-refractivity contribution in [3.63, 3.8) is 0 Å². The fourth-order valence-electron chi connectivity index (χ4n) is 2.93. The fourth-order valence-corrected chi connectivity index (χ4v) is 2.93. The molecule has 9 heteroatoms. The molecule has 1 aliphatic rings. The number of rotatable bonds is 6. The average molecular weight is 411 g/mol. The number of fused-ring (bicyclic) bond motifs is 1. The molecule has 4 rings (SSSR count). The monoisotopic (exact) mass is 411 g/mol. The zero-order valence-corrected chi connectivity index (χ0v) is 16.1. The summed E-state index contributed by atoms with van der Waals surface area (Å²) in [5.74, 6) is 0.331. The van der Waals surface area contributed by atoms with Gasteiger partial charge in [-0.2, -0.15) is 5.10 Å². The number of nitrogens with zero attached hydrogens (tertiary/aromatic N) is 2. The van der Waals surface area contributed by atoms with Gasteiger partial charge in [-0.3, -0.25) is 9.59 Å². The molecule has 0 aliphatic carbocycles. The number of benzene rings is 2. The van der Waals surface area contributed by atoms with Gasteiger partial charge in [0.15, 0.2) is 17.2 Å². The first-order valence-corrected chi connectivity index (χ1v) is 9.25. The molecule has 0 fully saturated rings. The van der Waals surface area contributed by atoms with E-state index in [1.807, 2.05) is 0 Å². The van der Waals surface area contributed by atoms with Crippen molar-refractivity contribution >= 4 is 5.91 Å². The molecule has 30 heavy (non-hydrogen) atoms. The van der Waals surface area contributed by atoms with E-state index in [1.165, 1.54) is 35.0 Å². The second kappa shape index (κ2) is 8.24. The molecule has 2 heterocycles. The highest BCUT2D eigenvalue weighted by atomic mass is 19.1. The number of aromatic nitrogens is 2. The van der Waals surface area contributed by atoms with Gasteiger partial charge in [0.2, 0.25) is 18.1 Å². The third-order valence-corrected chi connectivity index (χ3v) is 4.37. The van der Waals surface area contributed by atoms with Crippen molar-refractivity contribution in [2.75, 3.05) is 13.4 Å². The zero-order valence-electron chi connectivity index (χ0n) is 16.1. The quantitative estimate of drug-likeness (QED) is 0.670. The number of nitrogens with one attached hydrogen (secondary N) is 1. The van der Waals surface area contributed by atoms with Gasteiger partial charge >= 0.3 is 0 Å². The van der Waals surface area contributed by atoms with E-state index in [2.05, 4.69) is 10.4 Å². The summed E-state index contributed by atoms with van der Waals surface area (Å²) >= 11 is 0. The lowest BCUT2D eigenvalue weighted by Crippen LogP contribution is -2.31. The summed E-state index contributed by atoms with van der Waals surface area (Å²) in [4.78, 5) is 25.1. The van der Waals surface area contributed by atoms with E-state index in [0.29, 0.717) is 17.2 Å². The number of hydrogen-bond acceptors (Lipinski definition) is 6. The molecule has 8 nitrogen and oxygen atoms in total. The van der Waals surface area contributed by atoms with Gasteiger partial charge in [-0.05, 0) is 48.9 Å². The third kappa shape index (κ3) is 3.95. The first kappa shape index (κ1) is 19.4. The highest BCUT2D eigenvalue weighted by Gasteiger charge is 2.18. The Bertz CT molecular complexity index is 1140. The standard InChI is InChI=1S/C21H18FN3O5/c1-2-28-19-10-16(26)20(24-25(19)15-6-4-14(22)5-7-15)21(27)23-11-13-3-8-17-18(9-13)30-12-29-17/h3-10H,2,11-12H2,1H3,(H,23,27). The van der Waals surface area contributed by atoms with Crippen LogP contribution in [0.4, 0.5) is 4.39 Å². The van der Waals surface area contributed by atoms with Gasteiger partial charge in [0.25, 0.3) is 5.91 Å². The Morgan fingerprint density at radius 3 is 2.70 bits per heavy atom. The Labute approximate surface area is 170 Å². The molecule has 1 amide bonds. The zero-order chi connectivity index (χ0) is 21.1. The van der Waals surface area contributed by atoms with Crippen molar-refractivity contribution in [1.29, 1.82) is 0 Å². The van der Waals surface area contributed by atoms with E-state index in [1.54, 1.807) is 25.1 Å². The number of hydrogen-bond donors (Lipinski definition) is 1. The Morgan fingerprint density at radius 2 is 1.93 bits per heavy atom. The lowest BCUT2D eigenvalue weighted by Gasteiger charge is -2.14. The Kier molecular flexibility index (Phi) is 5.34. The van der Waals surface area contributed by atoms with E-state index in [4.69, 9.17) is 14.2 Å². The predicted octanol–water partition coefficient (Wildman–Crippen LogP) is 2.43. The van der Waals surface area contributed by atoms with Crippen molar-refractivity contribution in [3.05, 3.63) is 75.8 Å². The molecule has 0 saturated carbocycles. The van der Waals surface area contributed by atoms with Crippen LogP contribution in [0.5, 0.6) is 17.4 Å². The molecule has 0 saturated heterocycles. The topological polar surface area (TPSA) is 91.7 Å². The Hall–Kier alpha value is -3.88. The van der Waals surface area contributed by atoms with Crippen molar-refractivity contribution in [1.82, 2.24) is 15.1 Å². The molecule has 2 aromatic carbocycles. The number of carbonyl (C=O) groups is 1. The molecular formula is C21H18FN3O5. The summed E-state index contributed by atoms with van der Waals surface area (Å²) in [6.07, 6.45) is 0. The minimum absolute atomic E-state index is 0.154. The minimum Gasteiger partial charge on any atom is -0.478 e. The largest absolute Gasteiger partial charge is 0.478 e. The van der Waals surface area contributed by atoms with Crippen LogP contribution in [0, 0.1) is 5.82 Å². The number of amides is 1. The van der Waals surface area contributed by atoms with Crippen LogP contribution < -0.4 is 25.0 Å². The number of ether oxygens (including phenoxy) is 3. The maximum Gasteiger partial charge on any atom is 0.276 e. The van der Waals surface area contributed by atoms with Crippen LogP contribution in [0.15, 0.2) is 53.3 Å². The van der Waals surface area contributed by atoms with Crippen LogP contribution in [-0.4, -0.2) is 29.1 Å². The van der Waals surface area contributed by atoms with Crippen LogP contribution in [0.2, 0.25) is 0 Å². The van der Waals surface area contributed by atoms with Gasteiger partial charge in [0.05, 0.1) is 18.4 Å². The van der Waals surface area contributed by atoms with E-state index in [-0.39, 0.29) is 31.5 Å². The summed E-state index contributed by atoms with van der Waals surface area (Å²) in [7, 11) is 0. The van der Waals surface area contributed by atoms with Crippen molar-refractivity contribution < 1.29 is 23.4 Å². The molecule has 0 unspecified atom stereocenters. The molecule has 3 aromatic rings. The number of halogens is 1. The average Bonchev–Trinajstić information content (AvgIpc) is 3.21. The molecule has 1 aromatic heterocycles. The first-order valence-electron chi connectivity index (χ1n) is 9.25. The lowest BCUT2D eigenvalue weighted by atomic mass is 10.2. The van der Waals surface area contributed by atoms with Crippen molar-refractivity contribution in [3.8, 4) is 23.1 Å². The molecule has 0 spiro atoms. The molecule has 0 radical (unpaired) electrons. The van der Waals surface area contributed by atoms with Crippen LogP contribution in [0.1, 0.15) is 23.0 Å². The summed E-state index contributed by atoms with van der Waals surface area (Å²) in [6, 6.07) is 11.9. The maximum atomic E-state index is 13.3. The normalized spacial score (nSPS) is 11.9. The maximum absolute atomic E-state index is 13.3. The number of carbonyl (C=O) groups excluding carboxylic acids is 1. The lowest BCUT2D eigenvalue weighted by molar-refractivity contribution is 0.0942. The van der Waals surface area contributed by atoms with Gasteiger partial charge in [-0.15, -0.1) is 0 Å². The van der Waals surface area contributed by atoms with E-state index >= 15 is 0 Å². The van der Waals surface area contributed by atoms with Crippen molar-refractivity contribution in [2.45, 2.75) is 13.5 Å². The third-order valence-electron chi connectivity index (χ3n) is 4.37. The summed E-state index contributed by atoms with van der Waals surface area (Å²) in [6.45, 7) is 2.37. The van der Waals surface area contributed by atoms with Crippen molar-refractivity contribution in [2.24, 2.45) is 0 Å². The van der Waals surface area contributed by atoms with Crippen LogP contribution >= 0.6 is 0 Å². The molecular weight excluding hydrogens is 393 g/mol. The van der Waals surface area contributed by atoms with Gasteiger partial charge in [0, 0.05) is 6.54 Å². The van der Waals surface area contributed by atoms with Crippen LogP contribution in [-0.2, 0) is 6.54 Å². The molecule has 0 atom stereocenters. The van der Waals surface area contributed by atoms with Crippen LogP contribution in [0.25, 0.3) is 5.69 Å². The first-order chi connectivity index (χ1) is 14.5. The predicted molar refractivity (Wildman–Crippen MR) is 105 cm³/mol. The van der Waals surface area contributed by atoms with Gasteiger partial charge in [-0.1, -0.05) is 6.07 Å².